The summed E-state index contributed by atoms with van der Waals surface area (Å²) in [7, 11) is -3.75. The predicted octanol–water partition coefficient (Wildman–Crippen LogP) is 1.93. The Morgan fingerprint density at radius 3 is 2.03 bits per heavy atom. The van der Waals surface area contributed by atoms with Crippen molar-refractivity contribution in [3.8, 4) is 0 Å². The standard InChI is InChI=1S/C23H38N4O3S/c1-19(2)18-22(24-31(29,30)21-8-6-20(3)7-9-21)23(28)27-16-14-26(15-17-27)13-12-25-10-4-5-11-25/h6-9,19,22,24H,4-5,10-18H2,1-3H3. The van der Waals surface area contributed by atoms with Gasteiger partial charge >= 0.3 is 0 Å². The third-order valence-electron chi connectivity index (χ3n) is 6.25. The number of amides is 1. The largest absolute Gasteiger partial charge is 0.339 e. The SMILES string of the molecule is Cc1ccc(S(=O)(=O)NC(CC(C)C)C(=O)N2CCN(CCN3CCCC3)CC2)cc1. The van der Waals surface area contributed by atoms with Crippen LogP contribution in [-0.4, -0.2) is 87.4 Å². The Morgan fingerprint density at radius 2 is 1.48 bits per heavy atom. The highest BCUT2D eigenvalue weighted by Crippen LogP contribution is 2.16. The fraction of sp³-hybridized carbons (Fsp3) is 0.696. The molecule has 2 aliphatic rings. The van der Waals surface area contributed by atoms with Crippen LogP contribution in [0, 0.1) is 12.8 Å². The maximum absolute atomic E-state index is 13.2. The number of nitrogens with one attached hydrogen (secondary N) is 1. The molecule has 1 atom stereocenters. The van der Waals surface area contributed by atoms with Crippen LogP contribution in [0.15, 0.2) is 29.2 Å². The molecule has 1 unspecified atom stereocenters. The number of hydrogen-bond donors (Lipinski definition) is 1. The van der Waals surface area contributed by atoms with Gasteiger partial charge < -0.3 is 9.80 Å². The highest BCUT2D eigenvalue weighted by Gasteiger charge is 2.31. The molecule has 2 aliphatic heterocycles. The minimum atomic E-state index is -3.75. The molecule has 1 amide bonds. The van der Waals surface area contributed by atoms with Crippen LogP contribution in [0.1, 0.15) is 38.7 Å². The van der Waals surface area contributed by atoms with Crippen LogP contribution in [0.25, 0.3) is 0 Å². The summed E-state index contributed by atoms with van der Waals surface area (Å²) in [6.07, 6.45) is 3.09. The number of piperazine rings is 1. The molecular weight excluding hydrogens is 412 g/mol. The van der Waals surface area contributed by atoms with Crippen molar-refractivity contribution in [2.75, 3.05) is 52.4 Å². The zero-order chi connectivity index (χ0) is 22.4. The van der Waals surface area contributed by atoms with Crippen LogP contribution >= 0.6 is 0 Å². The number of carbonyl (C=O) groups is 1. The molecular formula is C23H38N4O3S. The number of carbonyl (C=O) groups excluding carboxylic acids is 1. The Bertz CT molecular complexity index is 812. The Balaban J connectivity index is 1.57. The van der Waals surface area contributed by atoms with Crippen LogP contribution in [0.4, 0.5) is 0 Å². The minimum Gasteiger partial charge on any atom is -0.339 e. The molecule has 174 valence electrons. The molecule has 3 rings (SSSR count). The smallest absolute Gasteiger partial charge is 0.241 e. The van der Waals surface area contributed by atoms with Gasteiger partial charge in [-0.3, -0.25) is 9.69 Å². The van der Waals surface area contributed by atoms with Gasteiger partial charge in [0.1, 0.15) is 6.04 Å². The van der Waals surface area contributed by atoms with Crippen LogP contribution in [0.3, 0.4) is 0 Å². The van der Waals surface area contributed by atoms with Gasteiger partial charge in [0.25, 0.3) is 0 Å². The first-order chi connectivity index (χ1) is 14.7. The van der Waals surface area contributed by atoms with Gasteiger partial charge in [0, 0.05) is 39.3 Å². The average molecular weight is 451 g/mol. The van der Waals surface area contributed by atoms with E-state index in [9.17, 15) is 13.2 Å². The molecule has 0 radical (unpaired) electrons. The lowest BCUT2D eigenvalue weighted by Crippen LogP contribution is -2.55. The predicted molar refractivity (Wildman–Crippen MR) is 123 cm³/mol. The van der Waals surface area contributed by atoms with Crippen LogP contribution < -0.4 is 4.72 Å². The van der Waals surface area contributed by atoms with Crippen molar-refractivity contribution in [2.45, 2.75) is 51.0 Å². The summed E-state index contributed by atoms with van der Waals surface area (Å²) >= 11 is 0. The van der Waals surface area contributed by atoms with E-state index in [1.807, 2.05) is 25.7 Å². The van der Waals surface area contributed by atoms with E-state index in [1.54, 1.807) is 24.3 Å². The van der Waals surface area contributed by atoms with Gasteiger partial charge in [-0.25, -0.2) is 8.42 Å². The monoisotopic (exact) mass is 450 g/mol. The fourth-order valence-corrected chi connectivity index (χ4v) is 5.55. The lowest BCUT2D eigenvalue weighted by molar-refractivity contribution is -0.135. The summed E-state index contributed by atoms with van der Waals surface area (Å²) in [5.41, 5.74) is 0.997. The fourth-order valence-electron chi connectivity index (χ4n) is 4.34. The number of sulfonamides is 1. The second-order valence-electron chi connectivity index (χ2n) is 9.33. The van der Waals surface area contributed by atoms with Crippen molar-refractivity contribution in [1.82, 2.24) is 19.4 Å². The summed E-state index contributed by atoms with van der Waals surface area (Å²) in [5.74, 6) is 0.0972. The topological polar surface area (TPSA) is 73.0 Å². The molecule has 7 nitrogen and oxygen atoms in total. The van der Waals surface area contributed by atoms with E-state index >= 15 is 0 Å². The number of benzene rings is 1. The molecule has 1 N–H and O–H groups in total. The van der Waals surface area contributed by atoms with Crippen molar-refractivity contribution in [1.29, 1.82) is 0 Å². The molecule has 2 saturated heterocycles. The molecule has 31 heavy (non-hydrogen) atoms. The summed E-state index contributed by atoms with van der Waals surface area (Å²) in [6, 6.07) is 5.99. The number of nitrogens with zero attached hydrogens (tertiary/aromatic N) is 3. The van der Waals surface area contributed by atoms with Crippen molar-refractivity contribution < 1.29 is 13.2 Å². The number of rotatable bonds is 9. The van der Waals surface area contributed by atoms with Gasteiger partial charge in [-0.15, -0.1) is 0 Å². The maximum Gasteiger partial charge on any atom is 0.241 e. The Kier molecular flexibility index (Phi) is 8.50. The lowest BCUT2D eigenvalue weighted by atomic mass is 10.0. The van der Waals surface area contributed by atoms with Crippen LogP contribution in [0.2, 0.25) is 0 Å². The van der Waals surface area contributed by atoms with Gasteiger partial charge in [0.2, 0.25) is 15.9 Å². The van der Waals surface area contributed by atoms with E-state index in [1.165, 1.54) is 25.9 Å². The van der Waals surface area contributed by atoms with E-state index in [-0.39, 0.29) is 16.7 Å². The molecule has 0 aliphatic carbocycles. The Morgan fingerprint density at radius 1 is 0.935 bits per heavy atom. The number of aryl methyl sites for hydroxylation is 1. The second kappa shape index (κ2) is 10.9. The van der Waals surface area contributed by atoms with Gasteiger partial charge in [-0.05, 0) is 57.3 Å². The van der Waals surface area contributed by atoms with Crippen LogP contribution in [0.5, 0.6) is 0 Å². The molecule has 8 heteroatoms. The quantitative estimate of drug-likeness (QED) is 0.622. The third kappa shape index (κ3) is 7.00. The Labute approximate surface area is 187 Å². The van der Waals surface area contributed by atoms with Crippen LogP contribution in [-0.2, 0) is 14.8 Å². The first-order valence-corrected chi connectivity index (χ1v) is 13.1. The highest BCUT2D eigenvalue weighted by molar-refractivity contribution is 7.89. The molecule has 1 aromatic rings. The van der Waals surface area contributed by atoms with Crippen molar-refractivity contribution in [3.63, 3.8) is 0 Å². The first kappa shape index (κ1) is 24.2. The van der Waals surface area contributed by atoms with Gasteiger partial charge in [0.15, 0.2) is 0 Å². The molecule has 0 aromatic heterocycles. The summed E-state index contributed by atoms with van der Waals surface area (Å²) in [4.78, 5) is 20.2. The molecule has 1 aromatic carbocycles. The second-order valence-corrected chi connectivity index (χ2v) is 11.0. The first-order valence-electron chi connectivity index (χ1n) is 11.6. The zero-order valence-corrected chi connectivity index (χ0v) is 20.0. The van der Waals surface area contributed by atoms with Gasteiger partial charge in [0.05, 0.1) is 4.90 Å². The van der Waals surface area contributed by atoms with Gasteiger partial charge in [-0.2, -0.15) is 4.72 Å². The average Bonchev–Trinajstić information content (AvgIpc) is 3.25. The molecule has 0 spiro atoms. The summed E-state index contributed by atoms with van der Waals surface area (Å²) < 4.78 is 28.5. The number of hydrogen-bond acceptors (Lipinski definition) is 5. The molecule has 0 bridgehead atoms. The van der Waals surface area contributed by atoms with Gasteiger partial charge in [-0.1, -0.05) is 31.5 Å². The van der Waals surface area contributed by atoms with E-state index in [2.05, 4.69) is 14.5 Å². The third-order valence-corrected chi connectivity index (χ3v) is 7.74. The highest BCUT2D eigenvalue weighted by atomic mass is 32.2. The molecule has 2 fully saturated rings. The van der Waals surface area contributed by atoms with E-state index < -0.39 is 16.1 Å². The molecule has 2 heterocycles. The summed E-state index contributed by atoms with van der Waals surface area (Å²) in [5, 5.41) is 0. The van der Waals surface area contributed by atoms with E-state index in [0.29, 0.717) is 19.5 Å². The maximum atomic E-state index is 13.2. The zero-order valence-electron chi connectivity index (χ0n) is 19.2. The van der Waals surface area contributed by atoms with E-state index in [4.69, 9.17) is 0 Å². The van der Waals surface area contributed by atoms with E-state index in [0.717, 1.165) is 31.7 Å². The minimum absolute atomic E-state index is 0.108. The lowest BCUT2D eigenvalue weighted by Gasteiger charge is -2.37. The van der Waals surface area contributed by atoms with Crippen molar-refractivity contribution in [3.05, 3.63) is 29.8 Å². The normalized spacial score (nSPS) is 19.8. The van der Waals surface area contributed by atoms with Crippen molar-refractivity contribution >= 4 is 15.9 Å². The van der Waals surface area contributed by atoms with Crippen molar-refractivity contribution in [2.24, 2.45) is 5.92 Å². The summed E-state index contributed by atoms with van der Waals surface area (Å²) in [6.45, 7) is 13.5. The number of likely N-dealkylation sites (tertiary alicyclic amines) is 1. The molecule has 0 saturated carbocycles. The Hall–Kier alpha value is -1.48.